The molecule has 0 aromatic heterocycles. The maximum atomic E-state index is 10.9. The summed E-state index contributed by atoms with van der Waals surface area (Å²) in [7, 11) is 0. The summed E-state index contributed by atoms with van der Waals surface area (Å²) in [6, 6.07) is 0. The molecular weight excluding hydrogens is 132 g/mol. The zero-order valence-corrected chi connectivity index (χ0v) is 5.70. The number of ketones is 1. The molecule has 2 aliphatic rings. The van der Waals surface area contributed by atoms with Gasteiger partial charge in [0.25, 0.3) is 0 Å². The van der Waals surface area contributed by atoms with Gasteiger partial charge in [-0.3, -0.25) is 4.79 Å². The van der Waals surface area contributed by atoms with Gasteiger partial charge in [0.15, 0.2) is 5.78 Å². The van der Waals surface area contributed by atoms with E-state index in [4.69, 9.17) is 0 Å². The molecule has 0 spiro atoms. The summed E-state index contributed by atoms with van der Waals surface area (Å²) in [5, 5.41) is 0. The maximum absolute atomic E-state index is 10.9. The average molecular weight is 138 g/mol. The average Bonchev–Trinajstić information content (AvgIpc) is 2.35. The zero-order chi connectivity index (χ0) is 6.27. The molecule has 0 unspecified atom stereocenters. The van der Waals surface area contributed by atoms with E-state index < -0.39 is 0 Å². The van der Waals surface area contributed by atoms with Crippen LogP contribution in [0, 0.1) is 0 Å². The summed E-state index contributed by atoms with van der Waals surface area (Å²) >= 11 is 1.79. The summed E-state index contributed by atoms with van der Waals surface area (Å²) in [6.45, 7) is 0. The molecule has 0 saturated carbocycles. The Hall–Kier alpha value is -0.500. The van der Waals surface area contributed by atoms with Gasteiger partial charge in [-0.15, -0.1) is 11.8 Å². The Labute approximate surface area is 57.8 Å². The van der Waals surface area contributed by atoms with Gasteiger partial charge >= 0.3 is 0 Å². The second kappa shape index (κ2) is 1.74. The van der Waals surface area contributed by atoms with E-state index in [1.807, 2.05) is 6.08 Å². The van der Waals surface area contributed by atoms with Gasteiger partial charge in [-0.2, -0.15) is 0 Å². The third-order valence-electron chi connectivity index (χ3n) is 1.59. The molecule has 1 nitrogen and oxygen atoms in total. The Morgan fingerprint density at radius 2 is 2.33 bits per heavy atom. The highest BCUT2D eigenvalue weighted by molar-refractivity contribution is 8.03. The molecule has 1 aliphatic carbocycles. The van der Waals surface area contributed by atoms with Crippen LogP contribution >= 0.6 is 11.8 Å². The van der Waals surface area contributed by atoms with Crippen LogP contribution in [0.15, 0.2) is 22.6 Å². The van der Waals surface area contributed by atoms with E-state index in [9.17, 15) is 4.79 Å². The van der Waals surface area contributed by atoms with Gasteiger partial charge in [0.2, 0.25) is 0 Å². The summed E-state index contributed by atoms with van der Waals surface area (Å²) in [5.74, 6) is 1.33. The smallest absolute Gasteiger partial charge is 0.183 e. The highest BCUT2D eigenvalue weighted by atomic mass is 32.2. The Bertz CT molecular complexity index is 219. The highest BCUT2D eigenvalue weighted by Crippen LogP contribution is 2.36. The minimum atomic E-state index is 0.231. The SMILES string of the molecule is O=C1C=CC2=C1CCS2. The van der Waals surface area contributed by atoms with Crippen LogP contribution in [-0.2, 0) is 4.79 Å². The van der Waals surface area contributed by atoms with E-state index in [1.165, 1.54) is 4.91 Å². The molecule has 2 heteroatoms. The molecule has 1 aliphatic heterocycles. The van der Waals surface area contributed by atoms with Gasteiger partial charge in [0.1, 0.15) is 0 Å². The third kappa shape index (κ3) is 0.663. The second-order valence-corrected chi connectivity index (χ2v) is 3.28. The van der Waals surface area contributed by atoms with Crippen molar-refractivity contribution in [3.63, 3.8) is 0 Å². The minimum Gasteiger partial charge on any atom is -0.290 e. The van der Waals surface area contributed by atoms with Crippen molar-refractivity contribution in [2.75, 3.05) is 5.75 Å². The maximum Gasteiger partial charge on any atom is 0.183 e. The van der Waals surface area contributed by atoms with E-state index in [1.54, 1.807) is 17.8 Å². The van der Waals surface area contributed by atoms with Crippen molar-refractivity contribution in [1.29, 1.82) is 0 Å². The standard InChI is InChI=1S/C7H6OS/c8-6-1-2-7-5(6)3-4-9-7/h1-2H,3-4H2. The van der Waals surface area contributed by atoms with Crippen LogP contribution in [0.5, 0.6) is 0 Å². The molecule has 9 heavy (non-hydrogen) atoms. The topological polar surface area (TPSA) is 17.1 Å². The monoisotopic (exact) mass is 138 g/mol. The molecule has 0 N–H and O–H groups in total. The molecule has 0 aromatic rings. The molecule has 0 fully saturated rings. The van der Waals surface area contributed by atoms with Crippen molar-refractivity contribution in [3.05, 3.63) is 22.6 Å². The van der Waals surface area contributed by atoms with Crippen molar-refractivity contribution >= 4 is 17.5 Å². The van der Waals surface area contributed by atoms with Gasteiger partial charge in [0, 0.05) is 16.2 Å². The lowest BCUT2D eigenvalue weighted by atomic mass is 10.2. The highest BCUT2D eigenvalue weighted by Gasteiger charge is 2.21. The largest absolute Gasteiger partial charge is 0.290 e. The lowest BCUT2D eigenvalue weighted by Crippen LogP contribution is -1.92. The Kier molecular flexibility index (Phi) is 1.02. The van der Waals surface area contributed by atoms with E-state index in [0.717, 1.165) is 17.7 Å². The van der Waals surface area contributed by atoms with Gasteiger partial charge in [-0.05, 0) is 18.6 Å². The van der Waals surface area contributed by atoms with Crippen LogP contribution < -0.4 is 0 Å². The molecular formula is C7H6OS. The van der Waals surface area contributed by atoms with Crippen molar-refractivity contribution in [1.82, 2.24) is 0 Å². The van der Waals surface area contributed by atoms with E-state index in [2.05, 4.69) is 0 Å². The number of allylic oxidation sites excluding steroid dienone is 3. The quantitative estimate of drug-likeness (QED) is 0.504. The summed E-state index contributed by atoms with van der Waals surface area (Å²) in [4.78, 5) is 12.1. The first-order valence-corrected chi connectivity index (χ1v) is 3.95. The zero-order valence-electron chi connectivity index (χ0n) is 4.89. The predicted octanol–water partition coefficient (Wildman–Crippen LogP) is 1.52. The van der Waals surface area contributed by atoms with Gasteiger partial charge in [0.05, 0.1) is 0 Å². The lowest BCUT2D eigenvalue weighted by Gasteiger charge is -1.86. The van der Waals surface area contributed by atoms with Crippen LogP contribution in [0.3, 0.4) is 0 Å². The molecule has 0 saturated heterocycles. The Morgan fingerprint density at radius 3 is 3.11 bits per heavy atom. The molecule has 2 rings (SSSR count). The normalized spacial score (nSPS) is 23.8. The van der Waals surface area contributed by atoms with Crippen LogP contribution in [0.4, 0.5) is 0 Å². The molecule has 0 atom stereocenters. The number of carbonyl (C=O) groups excluding carboxylic acids is 1. The first-order valence-electron chi connectivity index (χ1n) is 2.96. The lowest BCUT2D eigenvalue weighted by molar-refractivity contribution is -0.111. The molecule has 0 bridgehead atoms. The van der Waals surface area contributed by atoms with Crippen LogP contribution in [0.2, 0.25) is 0 Å². The number of carbonyl (C=O) groups is 1. The van der Waals surface area contributed by atoms with Crippen molar-refractivity contribution in [2.24, 2.45) is 0 Å². The fourth-order valence-corrected chi connectivity index (χ4v) is 2.19. The van der Waals surface area contributed by atoms with E-state index >= 15 is 0 Å². The number of thioether (sulfide) groups is 1. The molecule has 0 radical (unpaired) electrons. The van der Waals surface area contributed by atoms with Crippen LogP contribution in [-0.4, -0.2) is 11.5 Å². The second-order valence-electron chi connectivity index (χ2n) is 2.14. The molecule has 0 amide bonds. The fraction of sp³-hybridized carbons (Fsp3) is 0.286. The molecule has 0 aromatic carbocycles. The van der Waals surface area contributed by atoms with Gasteiger partial charge in [-0.25, -0.2) is 0 Å². The predicted molar refractivity (Wildman–Crippen MR) is 38.2 cm³/mol. The Morgan fingerprint density at radius 1 is 1.44 bits per heavy atom. The van der Waals surface area contributed by atoms with Crippen molar-refractivity contribution in [2.45, 2.75) is 6.42 Å². The van der Waals surface area contributed by atoms with E-state index in [0.29, 0.717) is 0 Å². The number of hydrogen-bond donors (Lipinski definition) is 0. The minimum absolute atomic E-state index is 0.231. The third-order valence-corrected chi connectivity index (χ3v) is 2.69. The number of rotatable bonds is 0. The summed E-state index contributed by atoms with van der Waals surface area (Å²) in [6.07, 6.45) is 4.57. The number of hydrogen-bond acceptors (Lipinski definition) is 2. The van der Waals surface area contributed by atoms with Crippen molar-refractivity contribution in [3.8, 4) is 0 Å². The van der Waals surface area contributed by atoms with Gasteiger partial charge < -0.3 is 0 Å². The first-order chi connectivity index (χ1) is 4.38. The summed E-state index contributed by atoms with van der Waals surface area (Å²) in [5.41, 5.74) is 1.04. The van der Waals surface area contributed by atoms with E-state index in [-0.39, 0.29) is 5.78 Å². The molecule has 46 valence electrons. The van der Waals surface area contributed by atoms with Crippen LogP contribution in [0.25, 0.3) is 0 Å². The first kappa shape index (κ1) is 5.30. The van der Waals surface area contributed by atoms with Crippen LogP contribution in [0.1, 0.15) is 6.42 Å². The van der Waals surface area contributed by atoms with Crippen molar-refractivity contribution < 1.29 is 4.79 Å². The van der Waals surface area contributed by atoms with Gasteiger partial charge in [-0.1, -0.05) is 0 Å². The molecule has 1 heterocycles. The fourth-order valence-electron chi connectivity index (χ4n) is 1.12. The Balaban J connectivity index is 2.44. The summed E-state index contributed by atoms with van der Waals surface area (Å²) < 4.78 is 0.